The van der Waals surface area contributed by atoms with Crippen molar-refractivity contribution in [3.63, 3.8) is 0 Å². The van der Waals surface area contributed by atoms with Crippen LogP contribution in [0.2, 0.25) is 0 Å². The van der Waals surface area contributed by atoms with E-state index in [2.05, 4.69) is 63.9 Å². The lowest BCUT2D eigenvalue weighted by Crippen LogP contribution is -2.25. The molecule has 0 aliphatic rings. The van der Waals surface area contributed by atoms with Crippen LogP contribution in [0.25, 0.3) is 0 Å². The second-order valence-corrected chi connectivity index (χ2v) is 2.86. The molecule has 3 nitrogen and oxygen atoms in total. The lowest BCUT2D eigenvalue weighted by Gasteiger charge is -1.98. The first kappa shape index (κ1) is 15.2. The quantitative estimate of drug-likeness (QED) is 0.503. The van der Waals surface area contributed by atoms with Gasteiger partial charge in [-0.2, -0.15) is 0 Å². The third kappa shape index (κ3) is 11.3. The fourth-order valence-corrected chi connectivity index (χ4v) is 0.792. The van der Waals surface area contributed by atoms with Crippen LogP contribution in [-0.4, -0.2) is 26.0 Å². The summed E-state index contributed by atoms with van der Waals surface area (Å²) in [6.07, 6.45) is 5.74. The lowest BCUT2D eigenvalue weighted by atomic mass is 10.4. The molecule has 0 aliphatic heterocycles. The van der Waals surface area contributed by atoms with Gasteiger partial charge in [0.25, 0.3) is 5.91 Å². The minimum atomic E-state index is -0.347. The summed E-state index contributed by atoms with van der Waals surface area (Å²) in [5.74, 6) is 20.9. The van der Waals surface area contributed by atoms with Crippen molar-refractivity contribution in [1.82, 2.24) is 10.6 Å². The minimum absolute atomic E-state index is 0.347. The van der Waals surface area contributed by atoms with E-state index in [0.29, 0.717) is 6.54 Å². The third-order valence-corrected chi connectivity index (χ3v) is 1.51. The van der Waals surface area contributed by atoms with Crippen molar-refractivity contribution in [1.29, 1.82) is 0 Å². The van der Waals surface area contributed by atoms with Crippen molar-refractivity contribution in [2.45, 2.75) is 6.42 Å². The third-order valence-electron chi connectivity index (χ3n) is 1.51. The predicted octanol–water partition coefficient (Wildman–Crippen LogP) is -0.641. The number of amides is 1. The zero-order valence-corrected chi connectivity index (χ0v) is 10.1. The maximum Gasteiger partial charge on any atom is 0.296 e. The van der Waals surface area contributed by atoms with Crippen LogP contribution in [0.4, 0.5) is 0 Å². The molecule has 0 aromatic carbocycles. The fourth-order valence-electron chi connectivity index (χ4n) is 0.792. The molecule has 88 valence electrons. The highest BCUT2D eigenvalue weighted by atomic mass is 16.1. The van der Waals surface area contributed by atoms with Crippen LogP contribution < -0.4 is 10.6 Å². The molecular weight excluding hydrogens is 224 g/mol. The van der Waals surface area contributed by atoms with Crippen LogP contribution in [0.15, 0.2) is 0 Å². The standard InChI is InChI=1S/C15H12N2O/c1-3-4-5-6-7-8-9-10-12-15(18)17-14-11-13-16-2/h1,16H,11,13-14H2,2H3,(H,17,18). The zero-order valence-electron chi connectivity index (χ0n) is 10.1. The molecule has 18 heavy (non-hydrogen) atoms. The van der Waals surface area contributed by atoms with Crippen molar-refractivity contribution in [2.24, 2.45) is 0 Å². The molecule has 0 atom stereocenters. The Morgan fingerprint density at radius 2 is 1.61 bits per heavy atom. The Balaban J connectivity index is 3.96. The van der Waals surface area contributed by atoms with Gasteiger partial charge in [-0.15, -0.1) is 6.42 Å². The molecule has 0 unspecified atom stereocenters. The molecule has 0 heterocycles. The molecule has 0 aliphatic carbocycles. The van der Waals surface area contributed by atoms with Crippen LogP contribution >= 0.6 is 0 Å². The predicted molar refractivity (Wildman–Crippen MR) is 71.5 cm³/mol. The van der Waals surface area contributed by atoms with Crippen LogP contribution in [0, 0.1) is 59.7 Å². The van der Waals surface area contributed by atoms with Crippen LogP contribution in [0.1, 0.15) is 6.42 Å². The number of hydrogen-bond acceptors (Lipinski definition) is 2. The first-order chi connectivity index (χ1) is 8.81. The second-order valence-electron chi connectivity index (χ2n) is 2.86. The second kappa shape index (κ2) is 12.3. The topological polar surface area (TPSA) is 41.1 Å². The normalized spacial score (nSPS) is 6.44. The van der Waals surface area contributed by atoms with Gasteiger partial charge in [0.2, 0.25) is 0 Å². The van der Waals surface area contributed by atoms with Gasteiger partial charge in [-0.3, -0.25) is 4.79 Å². The Labute approximate surface area is 108 Å². The summed E-state index contributed by atoms with van der Waals surface area (Å²) in [5, 5.41) is 5.61. The average molecular weight is 236 g/mol. The van der Waals surface area contributed by atoms with Gasteiger partial charge >= 0.3 is 0 Å². The first-order valence-electron chi connectivity index (χ1n) is 5.20. The molecule has 0 rings (SSSR count). The van der Waals surface area contributed by atoms with E-state index in [9.17, 15) is 4.79 Å². The van der Waals surface area contributed by atoms with E-state index in [4.69, 9.17) is 6.42 Å². The van der Waals surface area contributed by atoms with Crippen molar-refractivity contribution in [2.75, 3.05) is 20.1 Å². The Morgan fingerprint density at radius 1 is 1.00 bits per heavy atom. The Kier molecular flexibility index (Phi) is 10.4. The first-order valence-corrected chi connectivity index (χ1v) is 5.20. The molecule has 3 heteroatoms. The smallest absolute Gasteiger partial charge is 0.296 e. The summed E-state index contributed by atoms with van der Waals surface area (Å²) in [6, 6.07) is 0. The molecular formula is C15H12N2O. The van der Waals surface area contributed by atoms with Crippen LogP contribution in [-0.2, 0) is 4.79 Å². The van der Waals surface area contributed by atoms with Crippen molar-refractivity contribution in [3.8, 4) is 59.7 Å². The number of hydrogen-bond donors (Lipinski definition) is 2. The molecule has 1 amide bonds. The van der Waals surface area contributed by atoms with E-state index < -0.39 is 0 Å². The highest BCUT2D eigenvalue weighted by molar-refractivity contribution is 5.94. The Bertz CT molecular complexity index is 551. The highest BCUT2D eigenvalue weighted by Crippen LogP contribution is 1.71. The summed E-state index contributed by atoms with van der Waals surface area (Å²) >= 11 is 0. The van der Waals surface area contributed by atoms with Gasteiger partial charge in [0.15, 0.2) is 0 Å². The van der Waals surface area contributed by atoms with E-state index in [0.717, 1.165) is 13.0 Å². The summed E-state index contributed by atoms with van der Waals surface area (Å²) in [5.41, 5.74) is 0. The summed E-state index contributed by atoms with van der Waals surface area (Å²) < 4.78 is 0. The van der Waals surface area contributed by atoms with E-state index >= 15 is 0 Å². The summed E-state index contributed by atoms with van der Waals surface area (Å²) in [6.45, 7) is 1.44. The maximum atomic E-state index is 11.1. The molecule has 0 spiro atoms. The summed E-state index contributed by atoms with van der Waals surface area (Å²) in [4.78, 5) is 11.1. The summed E-state index contributed by atoms with van der Waals surface area (Å²) in [7, 11) is 1.85. The molecule has 0 radical (unpaired) electrons. The van der Waals surface area contributed by atoms with Crippen LogP contribution in [0.3, 0.4) is 0 Å². The van der Waals surface area contributed by atoms with Gasteiger partial charge in [-0.05, 0) is 67.4 Å². The van der Waals surface area contributed by atoms with Crippen molar-refractivity contribution < 1.29 is 4.79 Å². The molecule has 0 bridgehead atoms. The average Bonchev–Trinajstić information content (AvgIpc) is 2.38. The van der Waals surface area contributed by atoms with Gasteiger partial charge in [-0.1, -0.05) is 0 Å². The highest BCUT2D eigenvalue weighted by Gasteiger charge is 1.91. The van der Waals surface area contributed by atoms with E-state index in [1.54, 1.807) is 0 Å². The molecule has 2 N–H and O–H groups in total. The fraction of sp³-hybridized carbons (Fsp3) is 0.267. The SMILES string of the molecule is C#CC#CC#CC#CC#CC(=O)NCCCNC. The zero-order chi connectivity index (χ0) is 13.5. The van der Waals surface area contributed by atoms with Gasteiger partial charge in [0, 0.05) is 12.5 Å². The Morgan fingerprint density at radius 3 is 2.22 bits per heavy atom. The molecule has 0 saturated heterocycles. The van der Waals surface area contributed by atoms with E-state index in [1.807, 2.05) is 7.05 Å². The van der Waals surface area contributed by atoms with Gasteiger partial charge < -0.3 is 10.6 Å². The maximum absolute atomic E-state index is 11.1. The largest absolute Gasteiger partial charge is 0.345 e. The number of carbonyl (C=O) groups excluding carboxylic acids is 1. The van der Waals surface area contributed by atoms with Crippen LogP contribution in [0.5, 0.6) is 0 Å². The number of nitrogens with one attached hydrogen (secondary N) is 2. The van der Waals surface area contributed by atoms with Gasteiger partial charge in [-0.25, -0.2) is 0 Å². The van der Waals surface area contributed by atoms with E-state index in [1.165, 1.54) is 0 Å². The van der Waals surface area contributed by atoms with Crippen molar-refractivity contribution in [3.05, 3.63) is 0 Å². The molecule has 0 fully saturated rings. The van der Waals surface area contributed by atoms with E-state index in [-0.39, 0.29) is 5.91 Å². The van der Waals surface area contributed by atoms with Crippen molar-refractivity contribution >= 4 is 5.91 Å². The minimum Gasteiger partial charge on any atom is -0.345 e. The number of rotatable bonds is 4. The number of carbonyl (C=O) groups is 1. The van der Waals surface area contributed by atoms with Gasteiger partial charge in [0.05, 0.1) is 0 Å². The Hall–Kier alpha value is -2.77. The lowest BCUT2D eigenvalue weighted by molar-refractivity contribution is -0.115. The molecule has 0 aromatic heterocycles. The molecule has 0 aromatic rings. The molecule has 0 saturated carbocycles. The van der Waals surface area contributed by atoms with Gasteiger partial charge in [0.1, 0.15) is 0 Å². The monoisotopic (exact) mass is 236 g/mol. The number of terminal acetylenes is 1.